The van der Waals surface area contributed by atoms with Gasteiger partial charge in [0.1, 0.15) is 17.5 Å². The molecule has 0 aliphatic carbocycles. The fraction of sp³-hybridized carbons (Fsp3) is 0.182. The second kappa shape index (κ2) is 8.53. The van der Waals surface area contributed by atoms with Gasteiger partial charge in [-0.25, -0.2) is 12.7 Å². The van der Waals surface area contributed by atoms with Crippen LogP contribution in [0.3, 0.4) is 0 Å². The fourth-order valence-corrected chi connectivity index (χ4v) is 3.93. The average Bonchev–Trinajstić information content (AvgIpc) is 3.11. The number of aliphatic imine (C=N–C) groups is 1. The maximum absolute atomic E-state index is 12.3. The molecule has 0 radical (unpaired) electrons. The molecule has 0 saturated heterocycles. The quantitative estimate of drug-likeness (QED) is 0.486. The average molecular weight is 422 g/mol. The summed E-state index contributed by atoms with van der Waals surface area (Å²) in [5.74, 6) is 0.590. The molecule has 0 fully saturated rings. The van der Waals surface area contributed by atoms with Crippen molar-refractivity contribution in [1.29, 1.82) is 5.26 Å². The molecule has 8 heteroatoms. The lowest BCUT2D eigenvalue weighted by Crippen LogP contribution is -2.22. The molecule has 2 aromatic carbocycles. The van der Waals surface area contributed by atoms with Gasteiger partial charge in [0.05, 0.1) is 11.2 Å². The van der Waals surface area contributed by atoms with E-state index in [0.29, 0.717) is 16.9 Å². The molecule has 154 valence electrons. The maximum Gasteiger partial charge on any atom is 0.242 e. The first-order valence-corrected chi connectivity index (χ1v) is 10.7. The SMILES string of the molecule is CN=CNc1c(C#N)c(-c2ccc(S(=O)(=O)N(C)C)cc2)cn1-c1ccc(C)cc1. The van der Waals surface area contributed by atoms with Crippen molar-refractivity contribution < 1.29 is 8.42 Å². The van der Waals surface area contributed by atoms with Gasteiger partial charge in [0.2, 0.25) is 10.0 Å². The van der Waals surface area contributed by atoms with Crippen LogP contribution in [0.1, 0.15) is 11.1 Å². The predicted molar refractivity (Wildman–Crippen MR) is 120 cm³/mol. The first-order valence-electron chi connectivity index (χ1n) is 9.22. The lowest BCUT2D eigenvalue weighted by atomic mass is 10.1. The van der Waals surface area contributed by atoms with Crippen LogP contribution in [0.15, 0.2) is 64.6 Å². The van der Waals surface area contributed by atoms with Crippen molar-refractivity contribution in [3.8, 4) is 22.9 Å². The zero-order valence-corrected chi connectivity index (χ0v) is 18.1. The maximum atomic E-state index is 12.3. The highest BCUT2D eigenvalue weighted by Gasteiger charge is 2.20. The second-order valence-electron chi connectivity index (χ2n) is 6.93. The molecule has 0 atom stereocenters. The van der Waals surface area contributed by atoms with Crippen molar-refractivity contribution in [3.63, 3.8) is 0 Å². The van der Waals surface area contributed by atoms with Crippen LogP contribution >= 0.6 is 0 Å². The van der Waals surface area contributed by atoms with Crippen molar-refractivity contribution in [2.45, 2.75) is 11.8 Å². The third-order valence-corrected chi connectivity index (χ3v) is 6.53. The zero-order valence-electron chi connectivity index (χ0n) is 17.3. The number of hydrogen-bond donors (Lipinski definition) is 1. The standard InChI is InChI=1S/C22H23N5O2S/c1-16-5-9-18(10-6-16)27-14-21(20(13-23)22(27)25-15-24-2)17-7-11-19(12-8-17)30(28,29)26(3)4/h5-12,14-15H,1-4H3,(H,24,25). The van der Waals surface area contributed by atoms with E-state index >= 15 is 0 Å². The Kier molecular flexibility index (Phi) is 6.06. The summed E-state index contributed by atoms with van der Waals surface area (Å²) in [6.45, 7) is 2.01. The molecular formula is C22H23N5O2S. The number of aromatic nitrogens is 1. The third kappa shape index (κ3) is 3.99. The Bertz CT molecular complexity index is 1220. The molecule has 0 saturated carbocycles. The van der Waals surface area contributed by atoms with E-state index < -0.39 is 10.0 Å². The highest BCUT2D eigenvalue weighted by atomic mass is 32.2. The molecule has 3 aromatic rings. The lowest BCUT2D eigenvalue weighted by Gasteiger charge is -2.11. The minimum absolute atomic E-state index is 0.198. The minimum atomic E-state index is -3.52. The molecule has 1 N–H and O–H groups in total. The Balaban J connectivity index is 2.15. The summed E-state index contributed by atoms with van der Waals surface area (Å²) in [5, 5.41) is 13.0. The van der Waals surface area contributed by atoms with Crippen LogP contribution in [0.25, 0.3) is 16.8 Å². The molecular weight excluding hydrogens is 398 g/mol. The van der Waals surface area contributed by atoms with Crippen molar-refractivity contribution in [3.05, 3.63) is 65.9 Å². The molecule has 0 amide bonds. The van der Waals surface area contributed by atoms with Gasteiger partial charge in [-0.1, -0.05) is 29.8 Å². The minimum Gasteiger partial charge on any atom is -0.331 e. The topological polar surface area (TPSA) is 90.5 Å². The van der Waals surface area contributed by atoms with E-state index in [1.54, 1.807) is 31.3 Å². The number of rotatable bonds is 6. The number of nitriles is 1. The molecule has 7 nitrogen and oxygen atoms in total. The van der Waals surface area contributed by atoms with E-state index in [-0.39, 0.29) is 4.90 Å². The Labute approximate surface area is 177 Å². The van der Waals surface area contributed by atoms with E-state index in [0.717, 1.165) is 16.8 Å². The van der Waals surface area contributed by atoms with Crippen molar-refractivity contribution in [2.24, 2.45) is 4.99 Å². The van der Waals surface area contributed by atoms with Crippen LogP contribution in [0.2, 0.25) is 0 Å². The summed E-state index contributed by atoms with van der Waals surface area (Å²) in [4.78, 5) is 4.16. The van der Waals surface area contributed by atoms with Crippen LogP contribution < -0.4 is 5.32 Å². The van der Waals surface area contributed by atoms with Gasteiger partial charge in [-0.3, -0.25) is 4.99 Å². The van der Waals surface area contributed by atoms with E-state index in [1.807, 2.05) is 42.0 Å². The molecule has 3 rings (SSSR count). The molecule has 1 heterocycles. The van der Waals surface area contributed by atoms with Gasteiger partial charge in [0, 0.05) is 38.6 Å². The van der Waals surface area contributed by atoms with E-state index in [4.69, 9.17) is 0 Å². The Morgan fingerprint density at radius 3 is 2.27 bits per heavy atom. The molecule has 0 aliphatic rings. The van der Waals surface area contributed by atoms with Crippen molar-refractivity contribution >= 4 is 22.2 Å². The molecule has 0 aliphatic heterocycles. The highest BCUT2D eigenvalue weighted by Crippen LogP contribution is 2.34. The number of anilines is 1. The first-order chi connectivity index (χ1) is 14.3. The number of sulfonamides is 1. The van der Waals surface area contributed by atoms with Gasteiger partial charge in [-0.15, -0.1) is 0 Å². The van der Waals surface area contributed by atoms with E-state index in [9.17, 15) is 13.7 Å². The fourth-order valence-electron chi connectivity index (χ4n) is 3.03. The number of nitrogens with one attached hydrogen (secondary N) is 1. The van der Waals surface area contributed by atoms with Gasteiger partial charge in [0.25, 0.3) is 0 Å². The Morgan fingerprint density at radius 1 is 1.10 bits per heavy atom. The number of nitrogens with zero attached hydrogens (tertiary/aromatic N) is 4. The summed E-state index contributed by atoms with van der Waals surface area (Å²) in [6, 6.07) is 16.7. The van der Waals surface area contributed by atoms with Crippen LogP contribution in [0, 0.1) is 18.3 Å². The Morgan fingerprint density at radius 2 is 1.73 bits per heavy atom. The van der Waals surface area contributed by atoms with Crippen LogP contribution in [-0.4, -0.2) is 44.8 Å². The van der Waals surface area contributed by atoms with Crippen molar-refractivity contribution in [2.75, 3.05) is 26.5 Å². The summed E-state index contributed by atoms with van der Waals surface area (Å²) in [6.07, 6.45) is 3.39. The number of hydrogen-bond acceptors (Lipinski definition) is 4. The molecule has 1 aromatic heterocycles. The second-order valence-corrected chi connectivity index (χ2v) is 9.08. The van der Waals surface area contributed by atoms with Crippen LogP contribution in [0.4, 0.5) is 5.82 Å². The van der Waals surface area contributed by atoms with Gasteiger partial charge < -0.3 is 9.88 Å². The van der Waals surface area contributed by atoms with Gasteiger partial charge in [0.15, 0.2) is 0 Å². The molecule has 0 bridgehead atoms. The molecule has 0 unspecified atom stereocenters. The van der Waals surface area contributed by atoms with E-state index in [2.05, 4.69) is 16.4 Å². The molecule has 30 heavy (non-hydrogen) atoms. The summed E-state index contributed by atoms with van der Waals surface area (Å²) in [7, 11) is 1.11. The van der Waals surface area contributed by atoms with E-state index in [1.165, 1.54) is 24.7 Å². The predicted octanol–water partition coefficient (Wildman–Crippen LogP) is 3.64. The molecule has 0 spiro atoms. The van der Waals surface area contributed by atoms with Crippen LogP contribution in [-0.2, 0) is 10.0 Å². The summed E-state index contributed by atoms with van der Waals surface area (Å²) in [5.41, 5.74) is 3.90. The first kappa shape index (κ1) is 21.3. The van der Waals surface area contributed by atoms with Gasteiger partial charge >= 0.3 is 0 Å². The monoisotopic (exact) mass is 421 g/mol. The third-order valence-electron chi connectivity index (χ3n) is 4.70. The largest absolute Gasteiger partial charge is 0.331 e. The zero-order chi connectivity index (χ0) is 21.9. The summed E-state index contributed by atoms with van der Waals surface area (Å²) < 4.78 is 27.7. The normalized spacial score (nSPS) is 11.7. The lowest BCUT2D eigenvalue weighted by molar-refractivity contribution is 0.521. The highest BCUT2D eigenvalue weighted by molar-refractivity contribution is 7.89. The van der Waals surface area contributed by atoms with Gasteiger partial charge in [-0.2, -0.15) is 5.26 Å². The van der Waals surface area contributed by atoms with Crippen LogP contribution in [0.5, 0.6) is 0 Å². The number of benzene rings is 2. The number of aryl methyl sites for hydroxylation is 1. The van der Waals surface area contributed by atoms with Crippen molar-refractivity contribution in [1.82, 2.24) is 8.87 Å². The summed E-state index contributed by atoms with van der Waals surface area (Å²) >= 11 is 0. The van der Waals surface area contributed by atoms with Gasteiger partial charge in [-0.05, 0) is 36.8 Å². The smallest absolute Gasteiger partial charge is 0.242 e. The Hall–Kier alpha value is -3.41.